The minimum atomic E-state index is -3.71. The van der Waals surface area contributed by atoms with Gasteiger partial charge in [-0.3, -0.25) is 9.10 Å². The first-order valence-electron chi connectivity index (χ1n) is 10.9. The highest BCUT2D eigenvalue weighted by Crippen LogP contribution is 2.27. The van der Waals surface area contributed by atoms with E-state index >= 15 is 0 Å². The number of nitrogens with one attached hydrogen (secondary N) is 1. The van der Waals surface area contributed by atoms with Gasteiger partial charge in [0.25, 0.3) is 0 Å². The van der Waals surface area contributed by atoms with Gasteiger partial charge in [0.05, 0.1) is 18.0 Å². The second kappa shape index (κ2) is 10.5. The molecule has 6 nitrogen and oxygen atoms in total. The Morgan fingerprint density at radius 2 is 1.48 bits per heavy atom. The molecule has 1 amide bonds. The molecule has 0 unspecified atom stereocenters. The predicted molar refractivity (Wildman–Crippen MR) is 132 cm³/mol. The van der Waals surface area contributed by atoms with Crippen molar-refractivity contribution >= 4 is 21.6 Å². The van der Waals surface area contributed by atoms with E-state index in [1.807, 2.05) is 61.5 Å². The van der Waals surface area contributed by atoms with Gasteiger partial charge in [0.1, 0.15) is 17.5 Å². The van der Waals surface area contributed by atoms with Crippen LogP contribution in [-0.4, -0.2) is 26.6 Å². The van der Waals surface area contributed by atoms with Crippen molar-refractivity contribution in [1.29, 1.82) is 0 Å². The smallest absolute Gasteiger partial charge is 0.244 e. The lowest BCUT2D eigenvalue weighted by Gasteiger charge is -2.29. The van der Waals surface area contributed by atoms with Crippen molar-refractivity contribution in [3.8, 4) is 11.5 Å². The molecule has 0 fully saturated rings. The Bertz CT molecular complexity index is 1160. The van der Waals surface area contributed by atoms with E-state index in [4.69, 9.17) is 4.74 Å². The van der Waals surface area contributed by atoms with Crippen LogP contribution in [0.25, 0.3) is 0 Å². The monoisotopic (exact) mass is 466 g/mol. The van der Waals surface area contributed by atoms with Gasteiger partial charge in [-0.2, -0.15) is 0 Å². The van der Waals surface area contributed by atoms with Crippen LogP contribution < -0.4 is 14.4 Å². The molecule has 1 N–H and O–H groups in total. The molecule has 0 aromatic heterocycles. The lowest BCUT2D eigenvalue weighted by atomic mass is 10.0. The molecule has 174 valence electrons. The van der Waals surface area contributed by atoms with Crippen molar-refractivity contribution in [2.45, 2.75) is 39.3 Å². The van der Waals surface area contributed by atoms with Gasteiger partial charge in [-0.25, -0.2) is 8.42 Å². The van der Waals surface area contributed by atoms with E-state index in [0.29, 0.717) is 17.2 Å². The van der Waals surface area contributed by atoms with Crippen LogP contribution in [0.5, 0.6) is 11.5 Å². The first-order chi connectivity index (χ1) is 15.7. The summed E-state index contributed by atoms with van der Waals surface area (Å²) in [5.74, 6) is 0.871. The predicted octanol–water partition coefficient (Wildman–Crippen LogP) is 5.07. The number of amides is 1. The average Bonchev–Trinajstić information content (AvgIpc) is 2.80. The topological polar surface area (TPSA) is 75.7 Å². The summed E-state index contributed by atoms with van der Waals surface area (Å²) in [4.78, 5) is 13.0. The second-order valence-electron chi connectivity index (χ2n) is 7.97. The SMILES string of the molecule is CCc1ccc([C@H](C)NC(=O)[C@@H](C)N(c2ccc(Oc3ccccc3)cc2)S(C)(=O)=O)cc1. The lowest BCUT2D eigenvalue weighted by molar-refractivity contribution is -0.122. The molecule has 0 heterocycles. The van der Waals surface area contributed by atoms with Gasteiger partial charge < -0.3 is 10.1 Å². The minimum absolute atomic E-state index is 0.256. The Balaban J connectivity index is 1.75. The average molecular weight is 467 g/mol. The first kappa shape index (κ1) is 24.3. The third-order valence-corrected chi connectivity index (χ3v) is 6.65. The molecule has 0 aliphatic heterocycles. The van der Waals surface area contributed by atoms with Crippen LogP contribution in [0, 0.1) is 0 Å². The Morgan fingerprint density at radius 1 is 0.909 bits per heavy atom. The molecule has 7 heteroatoms. The molecule has 0 bridgehead atoms. The number of carbonyl (C=O) groups excluding carboxylic acids is 1. The van der Waals surface area contributed by atoms with Crippen molar-refractivity contribution in [2.24, 2.45) is 0 Å². The molecule has 0 spiro atoms. The molecule has 0 saturated carbocycles. The molecule has 3 rings (SSSR count). The summed E-state index contributed by atoms with van der Waals surface area (Å²) in [6.45, 7) is 5.55. The van der Waals surface area contributed by atoms with Crippen LogP contribution in [0.4, 0.5) is 5.69 Å². The standard InChI is InChI=1S/C26H30N2O4S/c1-5-21-11-13-22(14-12-21)19(2)27-26(29)20(3)28(33(4,30)31)23-15-17-25(18-16-23)32-24-9-7-6-8-10-24/h6-20H,5H2,1-4H3,(H,27,29)/t19-,20+/m0/s1. The summed E-state index contributed by atoms with van der Waals surface area (Å²) in [6, 6.07) is 22.8. The number of para-hydroxylation sites is 1. The fourth-order valence-electron chi connectivity index (χ4n) is 3.55. The van der Waals surface area contributed by atoms with E-state index in [1.165, 1.54) is 5.56 Å². The number of hydrogen-bond donors (Lipinski definition) is 1. The second-order valence-corrected chi connectivity index (χ2v) is 9.83. The maximum atomic E-state index is 13.0. The van der Waals surface area contributed by atoms with Crippen LogP contribution in [-0.2, 0) is 21.2 Å². The van der Waals surface area contributed by atoms with E-state index in [2.05, 4.69) is 12.2 Å². The highest BCUT2D eigenvalue weighted by atomic mass is 32.2. The number of rotatable bonds is 9. The molecular weight excluding hydrogens is 436 g/mol. The molecular formula is C26H30N2O4S. The fraction of sp³-hybridized carbons (Fsp3) is 0.269. The number of ether oxygens (including phenoxy) is 1. The van der Waals surface area contributed by atoms with Gasteiger partial charge in [0.2, 0.25) is 15.9 Å². The molecule has 0 aliphatic carbocycles. The van der Waals surface area contributed by atoms with Gasteiger partial charge in [-0.15, -0.1) is 0 Å². The molecule has 3 aromatic carbocycles. The van der Waals surface area contributed by atoms with Gasteiger partial charge in [-0.05, 0) is 67.8 Å². The van der Waals surface area contributed by atoms with E-state index in [0.717, 1.165) is 22.5 Å². The quantitative estimate of drug-likeness (QED) is 0.478. The Morgan fingerprint density at radius 3 is 2.03 bits per heavy atom. The van der Waals surface area contributed by atoms with Gasteiger partial charge in [0, 0.05) is 0 Å². The van der Waals surface area contributed by atoms with Crippen molar-refractivity contribution in [3.63, 3.8) is 0 Å². The van der Waals surface area contributed by atoms with Gasteiger partial charge in [-0.1, -0.05) is 49.4 Å². The van der Waals surface area contributed by atoms with E-state index in [9.17, 15) is 13.2 Å². The van der Waals surface area contributed by atoms with Crippen LogP contribution in [0.15, 0.2) is 78.9 Å². The van der Waals surface area contributed by atoms with Crippen molar-refractivity contribution < 1.29 is 17.9 Å². The lowest BCUT2D eigenvalue weighted by Crippen LogP contribution is -2.48. The summed E-state index contributed by atoms with van der Waals surface area (Å²) in [7, 11) is -3.71. The molecule has 0 radical (unpaired) electrons. The van der Waals surface area contributed by atoms with E-state index in [1.54, 1.807) is 31.2 Å². The van der Waals surface area contributed by atoms with Crippen LogP contribution in [0.1, 0.15) is 37.9 Å². The first-order valence-corrected chi connectivity index (χ1v) is 12.8. The van der Waals surface area contributed by atoms with Crippen molar-refractivity contribution in [2.75, 3.05) is 10.6 Å². The Kier molecular flexibility index (Phi) is 7.76. The van der Waals surface area contributed by atoms with Crippen molar-refractivity contribution in [1.82, 2.24) is 5.32 Å². The normalized spacial score (nSPS) is 13.1. The van der Waals surface area contributed by atoms with Crippen molar-refractivity contribution in [3.05, 3.63) is 90.0 Å². The summed E-state index contributed by atoms with van der Waals surface area (Å²) in [6.07, 6.45) is 2.04. The zero-order valence-corrected chi connectivity index (χ0v) is 20.2. The highest BCUT2D eigenvalue weighted by molar-refractivity contribution is 7.92. The number of aryl methyl sites for hydroxylation is 1. The summed E-state index contributed by atoms with van der Waals surface area (Å²) >= 11 is 0. The van der Waals surface area contributed by atoms with E-state index < -0.39 is 16.1 Å². The van der Waals surface area contributed by atoms with Crippen LogP contribution in [0.3, 0.4) is 0 Å². The summed E-state index contributed by atoms with van der Waals surface area (Å²) < 4.78 is 32.1. The Labute approximate surface area is 196 Å². The third kappa shape index (κ3) is 6.35. The van der Waals surface area contributed by atoms with Crippen LogP contribution in [0.2, 0.25) is 0 Å². The minimum Gasteiger partial charge on any atom is -0.457 e. The number of nitrogens with zero attached hydrogens (tertiary/aromatic N) is 1. The number of benzene rings is 3. The third-order valence-electron chi connectivity index (χ3n) is 5.41. The summed E-state index contributed by atoms with van der Waals surface area (Å²) in [5.41, 5.74) is 2.56. The maximum Gasteiger partial charge on any atom is 0.244 e. The number of hydrogen-bond acceptors (Lipinski definition) is 4. The highest BCUT2D eigenvalue weighted by Gasteiger charge is 2.30. The number of carbonyl (C=O) groups is 1. The van der Waals surface area contributed by atoms with Gasteiger partial charge >= 0.3 is 0 Å². The zero-order chi connectivity index (χ0) is 24.0. The molecule has 0 saturated heterocycles. The van der Waals surface area contributed by atoms with Crippen LogP contribution >= 0.6 is 0 Å². The molecule has 33 heavy (non-hydrogen) atoms. The molecule has 3 aromatic rings. The summed E-state index contributed by atoms with van der Waals surface area (Å²) in [5, 5.41) is 2.93. The molecule has 2 atom stereocenters. The maximum absolute atomic E-state index is 13.0. The van der Waals surface area contributed by atoms with Gasteiger partial charge in [0.15, 0.2) is 0 Å². The number of anilines is 1. The largest absolute Gasteiger partial charge is 0.457 e. The van der Waals surface area contributed by atoms with E-state index in [-0.39, 0.29) is 11.9 Å². The Hall–Kier alpha value is -3.32. The fourth-order valence-corrected chi connectivity index (χ4v) is 4.73. The zero-order valence-electron chi connectivity index (χ0n) is 19.4. The molecule has 0 aliphatic rings. The number of sulfonamides is 1.